The van der Waals surface area contributed by atoms with Crippen LogP contribution in [0.1, 0.15) is 34.2 Å². The normalized spacial score (nSPS) is 11.8. The highest BCUT2D eigenvalue weighted by Gasteiger charge is 2.25. The molecule has 1 heterocycles. The van der Waals surface area contributed by atoms with Crippen molar-refractivity contribution in [2.75, 3.05) is 0 Å². The second-order valence-corrected chi connectivity index (χ2v) is 11.4. The summed E-state index contributed by atoms with van der Waals surface area (Å²) in [7, 11) is -4.38. The molecule has 0 atom stereocenters. The maximum atomic E-state index is 13.1. The second kappa shape index (κ2) is 9.49. The molecule has 0 fully saturated rings. The predicted octanol–water partition coefficient (Wildman–Crippen LogP) is 7.37. The Morgan fingerprint density at radius 3 is 2.47 bits per heavy atom. The minimum atomic E-state index is -4.38. The van der Waals surface area contributed by atoms with Crippen LogP contribution < -0.4 is 4.18 Å². The number of furan rings is 1. The van der Waals surface area contributed by atoms with Gasteiger partial charge < -0.3 is 18.8 Å². The van der Waals surface area contributed by atoms with Crippen LogP contribution in [0.15, 0.2) is 74.4 Å². The number of carbonyl (C=O) groups is 1. The van der Waals surface area contributed by atoms with Gasteiger partial charge in [0.25, 0.3) is 0 Å². The molecule has 0 saturated heterocycles. The summed E-state index contributed by atoms with van der Waals surface area (Å²) >= 11 is 3.52. The number of carboxylic acids is 1. The fourth-order valence-electron chi connectivity index (χ4n) is 4.65. The van der Waals surface area contributed by atoms with Crippen molar-refractivity contribution in [3.63, 3.8) is 0 Å². The third-order valence-electron chi connectivity index (χ3n) is 6.65. The lowest BCUT2D eigenvalue weighted by molar-refractivity contribution is 0.0693. The molecule has 0 unspecified atom stereocenters. The van der Waals surface area contributed by atoms with Gasteiger partial charge in [-0.05, 0) is 94.0 Å². The molecule has 0 bridgehead atoms. The third-order valence-corrected chi connectivity index (χ3v) is 8.46. The van der Waals surface area contributed by atoms with Crippen molar-refractivity contribution < 1.29 is 32.0 Å². The molecule has 0 aliphatic heterocycles. The molecular weight excluding hydrogens is 572 g/mol. The van der Waals surface area contributed by atoms with Gasteiger partial charge in [0.15, 0.2) is 5.75 Å². The first-order valence-electron chi connectivity index (χ1n) is 11.8. The lowest BCUT2D eigenvalue weighted by Crippen LogP contribution is -2.12. The molecule has 0 aliphatic carbocycles. The van der Waals surface area contributed by atoms with Gasteiger partial charge >= 0.3 is 16.1 Å². The Bertz CT molecular complexity index is 1870. The molecule has 2 N–H and O–H groups in total. The number of rotatable bonds is 6. The number of aromatic carboxylic acids is 1. The maximum absolute atomic E-state index is 13.1. The Kier molecular flexibility index (Phi) is 6.44. The standard InChI is InChI=1S/C29H23BrO7S/c1-4-17-11-19(27-21-8-6-5-7-18(21)13-25-26(27)15(2)16(3)36-25)12-23(30)28(17)37-38(34,35)20-9-10-22(29(32)33)24(31)14-20/h5-14,31H,4H2,1-3H3,(H,32,33). The van der Waals surface area contributed by atoms with Gasteiger partial charge in [0, 0.05) is 17.0 Å². The zero-order valence-electron chi connectivity index (χ0n) is 20.7. The number of benzene rings is 4. The molecule has 0 amide bonds. The van der Waals surface area contributed by atoms with Gasteiger partial charge in [-0.15, -0.1) is 0 Å². The number of aryl methyl sites for hydroxylation is 3. The number of hydrogen-bond acceptors (Lipinski definition) is 6. The van der Waals surface area contributed by atoms with Gasteiger partial charge in [-0.3, -0.25) is 0 Å². The predicted molar refractivity (Wildman–Crippen MR) is 149 cm³/mol. The monoisotopic (exact) mass is 594 g/mol. The highest BCUT2D eigenvalue weighted by atomic mass is 79.9. The van der Waals surface area contributed by atoms with E-state index in [2.05, 4.69) is 15.9 Å². The van der Waals surface area contributed by atoms with Crippen LogP contribution in [0.2, 0.25) is 0 Å². The molecular formula is C29H23BrO7S. The van der Waals surface area contributed by atoms with E-state index in [0.29, 0.717) is 16.5 Å². The van der Waals surface area contributed by atoms with E-state index >= 15 is 0 Å². The average Bonchev–Trinajstić information content (AvgIpc) is 3.15. The van der Waals surface area contributed by atoms with E-state index < -0.39 is 27.4 Å². The number of aromatic hydroxyl groups is 1. The first kappa shape index (κ1) is 25.8. The van der Waals surface area contributed by atoms with E-state index in [1.54, 1.807) is 0 Å². The molecule has 7 nitrogen and oxygen atoms in total. The van der Waals surface area contributed by atoms with Gasteiger partial charge in [0.05, 0.1) is 4.47 Å². The minimum Gasteiger partial charge on any atom is -0.507 e. The van der Waals surface area contributed by atoms with Crippen LogP contribution in [0, 0.1) is 13.8 Å². The molecule has 38 heavy (non-hydrogen) atoms. The molecule has 1 aromatic heterocycles. The fraction of sp³-hybridized carbons (Fsp3) is 0.138. The second-order valence-electron chi connectivity index (χ2n) is 8.95. The minimum absolute atomic E-state index is 0.120. The summed E-state index contributed by atoms with van der Waals surface area (Å²) in [4.78, 5) is 10.8. The Labute approximate surface area is 227 Å². The van der Waals surface area contributed by atoms with E-state index in [-0.39, 0.29) is 10.6 Å². The molecule has 0 radical (unpaired) electrons. The number of carboxylic acid groups (broad SMARTS) is 1. The van der Waals surface area contributed by atoms with E-state index in [1.807, 2.05) is 63.2 Å². The summed E-state index contributed by atoms with van der Waals surface area (Å²) in [6.45, 7) is 5.84. The number of phenols is 1. The summed E-state index contributed by atoms with van der Waals surface area (Å²) < 4.78 is 38.2. The fourth-order valence-corrected chi connectivity index (χ4v) is 6.34. The molecule has 0 saturated carbocycles. The molecule has 4 aromatic carbocycles. The van der Waals surface area contributed by atoms with Crippen LogP contribution in [0.4, 0.5) is 0 Å². The van der Waals surface area contributed by atoms with Crippen LogP contribution in [0.3, 0.4) is 0 Å². The van der Waals surface area contributed by atoms with Crippen molar-refractivity contribution in [3.05, 3.63) is 87.6 Å². The largest absolute Gasteiger partial charge is 0.507 e. The van der Waals surface area contributed by atoms with Gasteiger partial charge in [-0.1, -0.05) is 31.2 Å². The molecule has 9 heteroatoms. The van der Waals surface area contributed by atoms with Crippen LogP contribution in [-0.2, 0) is 16.5 Å². The molecule has 194 valence electrons. The molecule has 0 aliphatic rings. The summed E-state index contributed by atoms with van der Waals surface area (Å²) in [6.07, 6.45) is 0.470. The quantitative estimate of drug-likeness (QED) is 0.197. The molecule has 5 rings (SSSR count). The maximum Gasteiger partial charge on any atom is 0.339 e. The smallest absolute Gasteiger partial charge is 0.339 e. The zero-order valence-corrected chi connectivity index (χ0v) is 23.1. The highest BCUT2D eigenvalue weighted by Crippen LogP contribution is 2.44. The number of halogens is 1. The average molecular weight is 595 g/mol. The van der Waals surface area contributed by atoms with Crippen molar-refractivity contribution in [2.45, 2.75) is 32.1 Å². The summed E-state index contributed by atoms with van der Waals surface area (Å²) in [5, 5.41) is 22.2. The van der Waals surface area contributed by atoms with E-state index in [9.17, 15) is 18.3 Å². The van der Waals surface area contributed by atoms with Gasteiger partial charge in [-0.2, -0.15) is 8.42 Å². The Balaban J connectivity index is 1.66. The van der Waals surface area contributed by atoms with Gasteiger partial charge in [0.2, 0.25) is 0 Å². The van der Waals surface area contributed by atoms with E-state index in [0.717, 1.165) is 62.4 Å². The Morgan fingerprint density at radius 2 is 1.79 bits per heavy atom. The SMILES string of the molecule is CCc1cc(-c2c3ccccc3cc3oc(C)c(C)c23)cc(Br)c1OS(=O)(=O)c1ccc(C(=O)O)c(O)c1. The lowest BCUT2D eigenvalue weighted by atomic mass is 9.91. The van der Waals surface area contributed by atoms with Gasteiger partial charge in [0.1, 0.15) is 27.6 Å². The first-order valence-corrected chi connectivity index (χ1v) is 14.0. The van der Waals surface area contributed by atoms with Crippen molar-refractivity contribution in [3.8, 4) is 22.6 Å². The summed E-state index contributed by atoms with van der Waals surface area (Å²) in [5.41, 5.74) is 3.88. The van der Waals surface area contributed by atoms with E-state index in [4.69, 9.17) is 13.7 Å². The Hall–Kier alpha value is -3.82. The van der Waals surface area contributed by atoms with Crippen LogP contribution in [-0.4, -0.2) is 24.6 Å². The zero-order chi connectivity index (χ0) is 27.4. The van der Waals surface area contributed by atoms with Crippen LogP contribution in [0.25, 0.3) is 32.9 Å². The number of fused-ring (bicyclic) bond motifs is 2. The first-order chi connectivity index (χ1) is 18.0. The van der Waals surface area contributed by atoms with Crippen molar-refractivity contribution in [1.29, 1.82) is 0 Å². The van der Waals surface area contributed by atoms with Crippen molar-refractivity contribution in [2.24, 2.45) is 0 Å². The molecule has 0 spiro atoms. The number of hydrogen-bond donors (Lipinski definition) is 2. The third kappa shape index (κ3) is 4.31. The van der Waals surface area contributed by atoms with Crippen LogP contribution >= 0.6 is 15.9 Å². The summed E-state index contributed by atoms with van der Waals surface area (Å²) in [5.74, 6) is -1.09. The van der Waals surface area contributed by atoms with Crippen molar-refractivity contribution in [1.82, 2.24) is 0 Å². The van der Waals surface area contributed by atoms with E-state index in [1.165, 1.54) is 0 Å². The lowest BCUT2D eigenvalue weighted by Gasteiger charge is -2.16. The van der Waals surface area contributed by atoms with Crippen LogP contribution in [0.5, 0.6) is 11.5 Å². The van der Waals surface area contributed by atoms with Crippen molar-refractivity contribution >= 4 is 53.8 Å². The highest BCUT2D eigenvalue weighted by molar-refractivity contribution is 9.10. The topological polar surface area (TPSA) is 114 Å². The Morgan fingerprint density at radius 1 is 1.05 bits per heavy atom. The molecule has 5 aromatic rings. The van der Waals surface area contributed by atoms with Gasteiger partial charge in [-0.25, -0.2) is 4.79 Å². The summed E-state index contributed by atoms with van der Waals surface area (Å²) in [6, 6.07) is 16.7.